The van der Waals surface area contributed by atoms with Crippen molar-refractivity contribution in [2.24, 2.45) is 0 Å². The first-order valence-electron chi connectivity index (χ1n) is 7.13. The average Bonchev–Trinajstić information content (AvgIpc) is 2.76. The van der Waals surface area contributed by atoms with Crippen molar-refractivity contribution in [2.45, 2.75) is 51.2 Å². The molecule has 98 valence electrons. The number of hydrogen-bond acceptors (Lipinski definition) is 2. The molecule has 0 spiro atoms. The van der Waals surface area contributed by atoms with Crippen LogP contribution in [0.2, 0.25) is 0 Å². The van der Waals surface area contributed by atoms with Gasteiger partial charge in [-0.25, -0.2) is 0 Å². The highest BCUT2D eigenvalue weighted by Gasteiger charge is 2.36. The fraction of sp³-hybridized carbons (Fsp3) is 0.625. The number of piperazine rings is 1. The van der Waals surface area contributed by atoms with Gasteiger partial charge in [-0.1, -0.05) is 24.3 Å². The Bertz CT molecular complexity index is 413. The summed E-state index contributed by atoms with van der Waals surface area (Å²) in [6, 6.07) is 10.3. The van der Waals surface area contributed by atoms with E-state index in [2.05, 4.69) is 55.3 Å². The molecule has 1 aromatic carbocycles. The molecule has 1 aromatic rings. The van der Waals surface area contributed by atoms with E-state index in [0.29, 0.717) is 12.1 Å². The Morgan fingerprint density at radius 1 is 1.17 bits per heavy atom. The van der Waals surface area contributed by atoms with Crippen LogP contribution in [0.25, 0.3) is 0 Å². The first kappa shape index (κ1) is 12.2. The highest BCUT2D eigenvalue weighted by atomic mass is 15.3. The number of nitrogens with zero attached hydrogens (tertiary/aromatic N) is 1. The van der Waals surface area contributed by atoms with Gasteiger partial charge < -0.3 is 5.32 Å². The van der Waals surface area contributed by atoms with E-state index in [4.69, 9.17) is 0 Å². The largest absolute Gasteiger partial charge is 0.309 e. The summed E-state index contributed by atoms with van der Waals surface area (Å²) < 4.78 is 0. The molecular weight excluding hydrogens is 220 g/mol. The normalized spacial score (nSPS) is 28.3. The van der Waals surface area contributed by atoms with E-state index in [1.807, 2.05) is 0 Å². The van der Waals surface area contributed by atoms with Crippen molar-refractivity contribution in [1.29, 1.82) is 0 Å². The van der Waals surface area contributed by atoms with Gasteiger partial charge in [0.05, 0.1) is 0 Å². The Kier molecular flexibility index (Phi) is 2.95. The van der Waals surface area contributed by atoms with Crippen LogP contribution in [0.5, 0.6) is 0 Å². The third-order valence-electron chi connectivity index (χ3n) is 4.52. The number of benzene rings is 1. The van der Waals surface area contributed by atoms with Gasteiger partial charge in [0, 0.05) is 30.7 Å². The van der Waals surface area contributed by atoms with E-state index in [1.54, 1.807) is 11.1 Å². The molecule has 18 heavy (non-hydrogen) atoms. The standard InChI is InChI=1S/C16H24N2/c1-12-10-17-16(2,3)11-18(12)15-8-13-6-4-5-7-14(13)9-15/h4-7,12,15,17H,8-11H2,1-3H3. The van der Waals surface area contributed by atoms with E-state index in [-0.39, 0.29) is 5.54 Å². The molecule has 1 aliphatic carbocycles. The molecule has 2 nitrogen and oxygen atoms in total. The van der Waals surface area contributed by atoms with Crippen LogP contribution in [-0.2, 0) is 12.8 Å². The lowest BCUT2D eigenvalue weighted by Gasteiger charge is -2.46. The predicted octanol–water partition coefficient (Wildman–Crippen LogP) is 2.23. The average molecular weight is 244 g/mol. The summed E-state index contributed by atoms with van der Waals surface area (Å²) in [5.41, 5.74) is 3.37. The maximum atomic E-state index is 3.64. The van der Waals surface area contributed by atoms with Crippen molar-refractivity contribution in [2.75, 3.05) is 13.1 Å². The molecule has 0 saturated carbocycles. The van der Waals surface area contributed by atoms with Crippen LogP contribution in [0.1, 0.15) is 31.9 Å². The lowest BCUT2D eigenvalue weighted by atomic mass is 9.96. The Labute approximate surface area is 110 Å². The monoisotopic (exact) mass is 244 g/mol. The maximum absolute atomic E-state index is 3.64. The van der Waals surface area contributed by atoms with Crippen LogP contribution in [-0.4, -0.2) is 35.6 Å². The van der Waals surface area contributed by atoms with Gasteiger partial charge in [0.25, 0.3) is 0 Å². The van der Waals surface area contributed by atoms with Crippen LogP contribution in [0.4, 0.5) is 0 Å². The molecule has 1 heterocycles. The first-order chi connectivity index (χ1) is 8.55. The number of hydrogen-bond donors (Lipinski definition) is 1. The molecule has 2 aliphatic rings. The van der Waals surface area contributed by atoms with Crippen molar-refractivity contribution < 1.29 is 0 Å². The predicted molar refractivity (Wildman–Crippen MR) is 75.9 cm³/mol. The van der Waals surface area contributed by atoms with E-state index in [9.17, 15) is 0 Å². The first-order valence-corrected chi connectivity index (χ1v) is 7.13. The van der Waals surface area contributed by atoms with Gasteiger partial charge in [-0.15, -0.1) is 0 Å². The van der Waals surface area contributed by atoms with Crippen LogP contribution < -0.4 is 5.32 Å². The summed E-state index contributed by atoms with van der Waals surface area (Å²) in [4.78, 5) is 2.72. The zero-order chi connectivity index (χ0) is 12.8. The van der Waals surface area contributed by atoms with Crippen LogP contribution in [0, 0.1) is 0 Å². The zero-order valence-corrected chi connectivity index (χ0v) is 11.7. The van der Waals surface area contributed by atoms with Gasteiger partial charge >= 0.3 is 0 Å². The summed E-state index contributed by atoms with van der Waals surface area (Å²) in [5.74, 6) is 0. The van der Waals surface area contributed by atoms with Gasteiger partial charge in [-0.05, 0) is 44.7 Å². The summed E-state index contributed by atoms with van der Waals surface area (Å²) >= 11 is 0. The summed E-state index contributed by atoms with van der Waals surface area (Å²) in [6.07, 6.45) is 2.47. The number of fused-ring (bicyclic) bond motifs is 1. The summed E-state index contributed by atoms with van der Waals surface area (Å²) in [7, 11) is 0. The molecule has 1 aliphatic heterocycles. The molecule has 1 unspecified atom stereocenters. The highest BCUT2D eigenvalue weighted by Crippen LogP contribution is 2.29. The van der Waals surface area contributed by atoms with Crippen LogP contribution >= 0.6 is 0 Å². The minimum absolute atomic E-state index is 0.251. The topological polar surface area (TPSA) is 15.3 Å². The minimum atomic E-state index is 0.251. The fourth-order valence-corrected chi connectivity index (χ4v) is 3.47. The van der Waals surface area contributed by atoms with Gasteiger partial charge in [0.1, 0.15) is 0 Å². The van der Waals surface area contributed by atoms with Gasteiger partial charge in [-0.3, -0.25) is 4.90 Å². The molecule has 3 rings (SSSR count). The Morgan fingerprint density at radius 2 is 1.78 bits per heavy atom. The third-order valence-corrected chi connectivity index (χ3v) is 4.52. The van der Waals surface area contributed by atoms with Crippen molar-refractivity contribution in [3.63, 3.8) is 0 Å². The minimum Gasteiger partial charge on any atom is -0.309 e. The van der Waals surface area contributed by atoms with Crippen LogP contribution in [0.3, 0.4) is 0 Å². The maximum Gasteiger partial charge on any atom is 0.0253 e. The van der Waals surface area contributed by atoms with Crippen LogP contribution in [0.15, 0.2) is 24.3 Å². The van der Waals surface area contributed by atoms with E-state index in [0.717, 1.165) is 13.1 Å². The van der Waals surface area contributed by atoms with Gasteiger partial charge in [0.15, 0.2) is 0 Å². The number of rotatable bonds is 1. The molecule has 0 aromatic heterocycles. The molecular formula is C16H24N2. The Hall–Kier alpha value is -0.860. The summed E-state index contributed by atoms with van der Waals surface area (Å²) in [5, 5.41) is 3.64. The van der Waals surface area contributed by atoms with Crippen molar-refractivity contribution in [3.8, 4) is 0 Å². The SMILES string of the molecule is CC1CNC(C)(C)CN1C1Cc2ccccc2C1. The molecule has 1 fully saturated rings. The highest BCUT2D eigenvalue weighted by molar-refractivity contribution is 5.33. The second-order valence-corrected chi connectivity index (χ2v) is 6.62. The van der Waals surface area contributed by atoms with E-state index >= 15 is 0 Å². The lowest BCUT2D eigenvalue weighted by molar-refractivity contribution is 0.0660. The smallest absolute Gasteiger partial charge is 0.0253 e. The molecule has 1 N–H and O–H groups in total. The number of nitrogens with one attached hydrogen (secondary N) is 1. The zero-order valence-electron chi connectivity index (χ0n) is 11.7. The molecule has 0 amide bonds. The molecule has 0 radical (unpaired) electrons. The van der Waals surface area contributed by atoms with Crippen molar-refractivity contribution in [1.82, 2.24) is 10.2 Å². The molecule has 1 saturated heterocycles. The third kappa shape index (κ3) is 2.19. The second kappa shape index (κ2) is 4.36. The van der Waals surface area contributed by atoms with Gasteiger partial charge in [-0.2, -0.15) is 0 Å². The second-order valence-electron chi connectivity index (χ2n) is 6.62. The Balaban J connectivity index is 1.77. The van der Waals surface area contributed by atoms with Gasteiger partial charge in [0.2, 0.25) is 0 Å². The Morgan fingerprint density at radius 3 is 2.39 bits per heavy atom. The quantitative estimate of drug-likeness (QED) is 0.815. The molecule has 2 heteroatoms. The van der Waals surface area contributed by atoms with Crippen molar-refractivity contribution >= 4 is 0 Å². The van der Waals surface area contributed by atoms with Crippen molar-refractivity contribution in [3.05, 3.63) is 35.4 Å². The van der Waals surface area contributed by atoms with E-state index < -0.39 is 0 Å². The van der Waals surface area contributed by atoms with E-state index in [1.165, 1.54) is 12.8 Å². The lowest BCUT2D eigenvalue weighted by Crippen LogP contribution is -2.63. The fourth-order valence-electron chi connectivity index (χ4n) is 3.47. The molecule has 0 bridgehead atoms. The summed E-state index contributed by atoms with van der Waals surface area (Å²) in [6.45, 7) is 9.25. The molecule has 1 atom stereocenters.